The molecule has 1 aliphatic rings. The smallest absolute Gasteiger partial charge is 0.240 e. The van der Waals surface area contributed by atoms with Crippen molar-refractivity contribution in [1.29, 1.82) is 0 Å². The van der Waals surface area contributed by atoms with Gasteiger partial charge in [-0.25, -0.2) is 4.39 Å². The van der Waals surface area contributed by atoms with Crippen molar-refractivity contribution < 1.29 is 9.18 Å². The SMILES string of the molecule is NC(=O)[C@@H]1CCCN1C(=S)NCc1ccc(F)cc1. The molecule has 1 heterocycles. The van der Waals surface area contributed by atoms with E-state index in [1.54, 1.807) is 12.1 Å². The van der Waals surface area contributed by atoms with E-state index in [1.165, 1.54) is 12.1 Å². The minimum absolute atomic E-state index is 0.264. The standard InChI is InChI=1S/C13H16FN3OS/c14-10-5-3-9(4-6-10)8-16-13(19)17-7-1-2-11(17)12(15)18/h3-6,11H,1-2,7-8H2,(H2,15,18)(H,16,19)/t11-/m0/s1. The van der Waals surface area contributed by atoms with Gasteiger partial charge in [-0.05, 0) is 42.8 Å². The van der Waals surface area contributed by atoms with Crippen LogP contribution in [-0.2, 0) is 11.3 Å². The largest absolute Gasteiger partial charge is 0.368 e. The second kappa shape index (κ2) is 5.97. The van der Waals surface area contributed by atoms with Crippen molar-refractivity contribution >= 4 is 23.2 Å². The number of carbonyl (C=O) groups is 1. The average Bonchev–Trinajstić information content (AvgIpc) is 2.87. The number of nitrogens with zero attached hydrogens (tertiary/aromatic N) is 1. The molecule has 2 rings (SSSR count). The highest BCUT2D eigenvalue weighted by atomic mass is 32.1. The summed E-state index contributed by atoms with van der Waals surface area (Å²) in [5, 5.41) is 3.59. The molecular formula is C13H16FN3OS. The summed E-state index contributed by atoms with van der Waals surface area (Å²) in [4.78, 5) is 13.1. The number of amides is 1. The van der Waals surface area contributed by atoms with Crippen LogP contribution in [0.3, 0.4) is 0 Å². The molecule has 6 heteroatoms. The molecule has 1 saturated heterocycles. The van der Waals surface area contributed by atoms with E-state index in [-0.39, 0.29) is 17.8 Å². The quantitative estimate of drug-likeness (QED) is 0.816. The first-order chi connectivity index (χ1) is 9.08. The molecule has 1 aliphatic heterocycles. The minimum atomic E-state index is -0.344. The summed E-state index contributed by atoms with van der Waals surface area (Å²) in [6.45, 7) is 1.24. The van der Waals surface area contributed by atoms with E-state index in [0.29, 0.717) is 11.7 Å². The van der Waals surface area contributed by atoms with Gasteiger partial charge < -0.3 is 16.0 Å². The Morgan fingerprint density at radius 1 is 1.47 bits per heavy atom. The lowest BCUT2D eigenvalue weighted by atomic mass is 10.2. The lowest BCUT2D eigenvalue weighted by Gasteiger charge is -2.25. The van der Waals surface area contributed by atoms with Crippen LogP contribution >= 0.6 is 12.2 Å². The maximum Gasteiger partial charge on any atom is 0.240 e. The number of halogens is 1. The molecule has 0 bridgehead atoms. The van der Waals surface area contributed by atoms with Crippen molar-refractivity contribution in [3.8, 4) is 0 Å². The Balaban J connectivity index is 1.90. The lowest BCUT2D eigenvalue weighted by molar-refractivity contribution is -0.121. The Kier molecular flexibility index (Phi) is 4.31. The highest BCUT2D eigenvalue weighted by Gasteiger charge is 2.30. The fourth-order valence-corrected chi connectivity index (χ4v) is 2.48. The fourth-order valence-electron chi connectivity index (χ4n) is 2.19. The molecule has 0 aliphatic carbocycles. The number of thiocarbonyl (C=S) groups is 1. The summed E-state index contributed by atoms with van der Waals surface area (Å²) in [5.74, 6) is -0.608. The maximum atomic E-state index is 12.8. The van der Waals surface area contributed by atoms with Gasteiger partial charge >= 0.3 is 0 Å². The molecule has 1 amide bonds. The number of carbonyl (C=O) groups excluding carboxylic acids is 1. The van der Waals surface area contributed by atoms with Crippen LogP contribution in [0, 0.1) is 5.82 Å². The number of hydrogen-bond acceptors (Lipinski definition) is 2. The maximum absolute atomic E-state index is 12.8. The van der Waals surface area contributed by atoms with Gasteiger partial charge in [0.15, 0.2) is 5.11 Å². The Morgan fingerprint density at radius 3 is 2.79 bits per heavy atom. The van der Waals surface area contributed by atoms with Gasteiger partial charge in [0.1, 0.15) is 11.9 Å². The molecule has 0 spiro atoms. The van der Waals surface area contributed by atoms with Gasteiger partial charge in [0.25, 0.3) is 0 Å². The normalized spacial score (nSPS) is 18.4. The Morgan fingerprint density at radius 2 is 2.16 bits per heavy atom. The van der Waals surface area contributed by atoms with Gasteiger partial charge in [-0.3, -0.25) is 4.79 Å². The number of benzene rings is 1. The van der Waals surface area contributed by atoms with Crippen LogP contribution in [0.4, 0.5) is 4.39 Å². The van der Waals surface area contributed by atoms with Crippen molar-refractivity contribution in [3.05, 3.63) is 35.6 Å². The molecular weight excluding hydrogens is 265 g/mol. The number of hydrogen-bond donors (Lipinski definition) is 2. The van der Waals surface area contributed by atoms with Gasteiger partial charge in [-0.15, -0.1) is 0 Å². The summed E-state index contributed by atoms with van der Waals surface area (Å²) < 4.78 is 12.8. The number of likely N-dealkylation sites (tertiary alicyclic amines) is 1. The number of nitrogens with two attached hydrogens (primary N) is 1. The zero-order chi connectivity index (χ0) is 13.8. The molecule has 1 fully saturated rings. The molecule has 1 aromatic carbocycles. The predicted molar refractivity (Wildman–Crippen MR) is 74.8 cm³/mol. The summed E-state index contributed by atoms with van der Waals surface area (Å²) in [6.07, 6.45) is 1.65. The fraction of sp³-hybridized carbons (Fsp3) is 0.385. The third-order valence-electron chi connectivity index (χ3n) is 3.20. The van der Waals surface area contributed by atoms with Crippen LogP contribution in [0.5, 0.6) is 0 Å². The van der Waals surface area contributed by atoms with Crippen LogP contribution in [-0.4, -0.2) is 28.5 Å². The topological polar surface area (TPSA) is 58.4 Å². The molecule has 19 heavy (non-hydrogen) atoms. The third kappa shape index (κ3) is 3.41. The Bertz CT molecular complexity index is 477. The van der Waals surface area contributed by atoms with Crippen molar-refractivity contribution in [2.45, 2.75) is 25.4 Å². The second-order valence-corrected chi connectivity index (χ2v) is 4.93. The van der Waals surface area contributed by atoms with Crippen LogP contribution in [0.1, 0.15) is 18.4 Å². The van der Waals surface area contributed by atoms with E-state index in [0.717, 1.165) is 24.9 Å². The van der Waals surface area contributed by atoms with E-state index in [2.05, 4.69) is 5.32 Å². The van der Waals surface area contributed by atoms with Gasteiger partial charge in [-0.2, -0.15) is 0 Å². The van der Waals surface area contributed by atoms with Crippen molar-refractivity contribution in [2.24, 2.45) is 5.73 Å². The van der Waals surface area contributed by atoms with Gasteiger partial charge in [0.2, 0.25) is 5.91 Å². The van der Waals surface area contributed by atoms with Crippen LogP contribution < -0.4 is 11.1 Å². The highest BCUT2D eigenvalue weighted by Crippen LogP contribution is 2.17. The molecule has 3 N–H and O–H groups in total. The van der Waals surface area contributed by atoms with Crippen molar-refractivity contribution in [3.63, 3.8) is 0 Å². The number of primary amides is 1. The third-order valence-corrected chi connectivity index (χ3v) is 3.58. The van der Waals surface area contributed by atoms with Crippen molar-refractivity contribution in [2.75, 3.05) is 6.54 Å². The molecule has 4 nitrogen and oxygen atoms in total. The Labute approximate surface area is 116 Å². The zero-order valence-corrected chi connectivity index (χ0v) is 11.3. The van der Waals surface area contributed by atoms with E-state index in [4.69, 9.17) is 18.0 Å². The van der Waals surface area contributed by atoms with E-state index >= 15 is 0 Å². The zero-order valence-electron chi connectivity index (χ0n) is 10.4. The molecule has 0 unspecified atom stereocenters. The van der Waals surface area contributed by atoms with Gasteiger partial charge in [0.05, 0.1) is 0 Å². The first-order valence-corrected chi connectivity index (χ1v) is 6.57. The monoisotopic (exact) mass is 281 g/mol. The average molecular weight is 281 g/mol. The van der Waals surface area contributed by atoms with Crippen LogP contribution in [0.2, 0.25) is 0 Å². The summed E-state index contributed by atoms with van der Waals surface area (Å²) >= 11 is 5.27. The summed E-state index contributed by atoms with van der Waals surface area (Å²) in [7, 11) is 0. The summed E-state index contributed by atoms with van der Waals surface area (Å²) in [6, 6.07) is 5.89. The molecule has 0 aromatic heterocycles. The predicted octanol–water partition coefficient (Wildman–Crippen LogP) is 1.15. The molecule has 102 valence electrons. The second-order valence-electron chi connectivity index (χ2n) is 4.54. The summed E-state index contributed by atoms with van der Waals surface area (Å²) in [5.41, 5.74) is 6.27. The highest BCUT2D eigenvalue weighted by molar-refractivity contribution is 7.80. The molecule has 0 radical (unpaired) electrons. The van der Waals surface area contributed by atoms with Crippen LogP contribution in [0.25, 0.3) is 0 Å². The number of rotatable bonds is 3. The first kappa shape index (κ1) is 13.7. The lowest BCUT2D eigenvalue weighted by Crippen LogP contribution is -2.47. The van der Waals surface area contributed by atoms with E-state index in [9.17, 15) is 9.18 Å². The van der Waals surface area contributed by atoms with Crippen molar-refractivity contribution in [1.82, 2.24) is 10.2 Å². The number of nitrogens with one attached hydrogen (secondary N) is 1. The molecule has 1 aromatic rings. The molecule has 1 atom stereocenters. The Hall–Kier alpha value is -1.69. The van der Waals surface area contributed by atoms with Gasteiger partial charge in [0, 0.05) is 13.1 Å². The van der Waals surface area contributed by atoms with E-state index in [1.807, 2.05) is 4.90 Å². The molecule has 0 saturated carbocycles. The van der Waals surface area contributed by atoms with Crippen LogP contribution in [0.15, 0.2) is 24.3 Å². The van der Waals surface area contributed by atoms with Gasteiger partial charge in [-0.1, -0.05) is 12.1 Å². The minimum Gasteiger partial charge on any atom is -0.368 e. The first-order valence-electron chi connectivity index (χ1n) is 6.16. The van der Waals surface area contributed by atoms with E-state index < -0.39 is 0 Å².